The second kappa shape index (κ2) is 6.34. The van der Waals surface area contributed by atoms with Crippen molar-refractivity contribution in [3.8, 4) is 0 Å². The maximum Gasteiger partial charge on any atom is 0.0639 e. The number of rotatable bonds is 7. The first-order valence-corrected chi connectivity index (χ1v) is 6.98. The summed E-state index contributed by atoms with van der Waals surface area (Å²) in [4.78, 5) is 0. The molecule has 0 aromatic carbocycles. The van der Waals surface area contributed by atoms with Gasteiger partial charge in [0, 0.05) is 32.3 Å². The van der Waals surface area contributed by atoms with Gasteiger partial charge in [-0.3, -0.25) is 4.68 Å². The van der Waals surface area contributed by atoms with E-state index >= 15 is 0 Å². The molecule has 1 N–H and O–H groups in total. The third kappa shape index (κ3) is 3.56. The smallest absolute Gasteiger partial charge is 0.0639 e. The Balaban J connectivity index is 1.73. The van der Waals surface area contributed by atoms with Gasteiger partial charge in [0.05, 0.1) is 11.8 Å². The number of nitrogens with one attached hydrogen (secondary N) is 1. The minimum absolute atomic E-state index is 0.521. The minimum atomic E-state index is 0.521. The fourth-order valence-corrected chi connectivity index (χ4v) is 2.77. The molecule has 1 saturated carbocycles. The molecule has 1 heterocycles. The molecule has 0 radical (unpaired) electrons. The van der Waals surface area contributed by atoms with Crippen LogP contribution in [0, 0.1) is 5.92 Å². The van der Waals surface area contributed by atoms with Crippen LogP contribution in [0.25, 0.3) is 0 Å². The molecule has 0 amide bonds. The summed E-state index contributed by atoms with van der Waals surface area (Å²) in [6.07, 6.45) is 7.25. The van der Waals surface area contributed by atoms with E-state index in [1.54, 1.807) is 0 Å². The molecule has 1 aliphatic carbocycles. The molecule has 0 saturated heterocycles. The number of ether oxygens (including phenoxy) is 1. The summed E-state index contributed by atoms with van der Waals surface area (Å²) in [6.45, 7) is 2.92. The zero-order valence-electron chi connectivity index (χ0n) is 11.7. The van der Waals surface area contributed by atoms with E-state index in [1.165, 1.54) is 25.0 Å². The van der Waals surface area contributed by atoms with Gasteiger partial charge in [0.25, 0.3) is 0 Å². The second-order valence-corrected chi connectivity index (χ2v) is 5.32. The van der Waals surface area contributed by atoms with Gasteiger partial charge in [0.15, 0.2) is 0 Å². The van der Waals surface area contributed by atoms with Crippen LogP contribution in [0.2, 0.25) is 0 Å². The number of aryl methyl sites for hydroxylation is 1. The number of hydrogen-bond acceptors (Lipinski definition) is 3. The first kappa shape index (κ1) is 13.6. The summed E-state index contributed by atoms with van der Waals surface area (Å²) in [6, 6.07) is 2.64. The lowest BCUT2D eigenvalue weighted by molar-refractivity contribution is -0.0288. The Hall–Kier alpha value is -0.870. The standard InChI is InChI=1S/C14H25N3O/c1-4-18-14-8-11(9-14)7-13(15-2)10-12-5-6-17(3)16-12/h5-6,11,13-15H,4,7-10H2,1-3H3. The van der Waals surface area contributed by atoms with Crippen molar-refractivity contribution in [2.45, 2.75) is 44.8 Å². The van der Waals surface area contributed by atoms with E-state index in [9.17, 15) is 0 Å². The molecular formula is C14H25N3O. The Kier molecular flexibility index (Phi) is 4.78. The van der Waals surface area contributed by atoms with Crippen molar-refractivity contribution < 1.29 is 4.74 Å². The Bertz CT molecular complexity index is 358. The highest BCUT2D eigenvalue weighted by atomic mass is 16.5. The SMILES string of the molecule is CCOC1CC(CC(Cc2ccn(C)n2)NC)C1. The lowest BCUT2D eigenvalue weighted by Gasteiger charge is -2.36. The predicted octanol–water partition coefficient (Wildman–Crippen LogP) is 1.76. The van der Waals surface area contributed by atoms with Crippen molar-refractivity contribution >= 4 is 0 Å². The summed E-state index contributed by atoms with van der Waals surface area (Å²) >= 11 is 0. The number of aromatic nitrogens is 2. The van der Waals surface area contributed by atoms with E-state index in [-0.39, 0.29) is 0 Å². The molecule has 18 heavy (non-hydrogen) atoms. The van der Waals surface area contributed by atoms with Crippen molar-refractivity contribution in [3.05, 3.63) is 18.0 Å². The molecule has 4 nitrogen and oxygen atoms in total. The topological polar surface area (TPSA) is 39.1 Å². The van der Waals surface area contributed by atoms with Gasteiger partial charge in [-0.15, -0.1) is 0 Å². The van der Waals surface area contributed by atoms with E-state index in [0.717, 1.165) is 18.9 Å². The highest BCUT2D eigenvalue weighted by Gasteiger charge is 2.31. The molecule has 1 fully saturated rings. The fourth-order valence-electron chi connectivity index (χ4n) is 2.77. The fraction of sp³-hybridized carbons (Fsp3) is 0.786. The normalized spacial score (nSPS) is 24.8. The largest absolute Gasteiger partial charge is 0.378 e. The van der Waals surface area contributed by atoms with Gasteiger partial charge < -0.3 is 10.1 Å². The maximum atomic E-state index is 5.61. The zero-order valence-corrected chi connectivity index (χ0v) is 11.7. The molecule has 2 rings (SSSR count). The van der Waals surface area contributed by atoms with Crippen molar-refractivity contribution in [1.82, 2.24) is 15.1 Å². The van der Waals surface area contributed by atoms with E-state index in [1.807, 2.05) is 25.0 Å². The van der Waals surface area contributed by atoms with Gasteiger partial charge in [0.2, 0.25) is 0 Å². The minimum Gasteiger partial charge on any atom is -0.378 e. The lowest BCUT2D eigenvalue weighted by atomic mass is 9.77. The molecule has 0 aliphatic heterocycles. The van der Waals surface area contributed by atoms with E-state index in [4.69, 9.17) is 4.74 Å². The van der Waals surface area contributed by atoms with Gasteiger partial charge in [-0.25, -0.2) is 0 Å². The van der Waals surface area contributed by atoms with Crippen molar-refractivity contribution in [2.75, 3.05) is 13.7 Å². The molecule has 1 aromatic rings. The molecule has 4 heteroatoms. The summed E-state index contributed by atoms with van der Waals surface area (Å²) < 4.78 is 7.48. The highest BCUT2D eigenvalue weighted by Crippen LogP contribution is 2.33. The summed E-state index contributed by atoms with van der Waals surface area (Å²) in [5, 5.41) is 7.86. The second-order valence-electron chi connectivity index (χ2n) is 5.32. The van der Waals surface area contributed by atoms with Crippen LogP contribution in [0.4, 0.5) is 0 Å². The van der Waals surface area contributed by atoms with Gasteiger partial charge in [-0.05, 0) is 45.2 Å². The van der Waals surface area contributed by atoms with E-state index < -0.39 is 0 Å². The van der Waals surface area contributed by atoms with Crippen LogP contribution >= 0.6 is 0 Å². The number of nitrogens with zero attached hydrogens (tertiary/aromatic N) is 2. The van der Waals surface area contributed by atoms with Gasteiger partial charge in [-0.2, -0.15) is 5.10 Å². The quantitative estimate of drug-likeness (QED) is 0.802. The van der Waals surface area contributed by atoms with Crippen LogP contribution in [0.15, 0.2) is 12.3 Å². The maximum absolute atomic E-state index is 5.61. The van der Waals surface area contributed by atoms with Gasteiger partial charge >= 0.3 is 0 Å². The first-order chi connectivity index (χ1) is 8.71. The van der Waals surface area contributed by atoms with E-state index in [0.29, 0.717) is 12.1 Å². The average molecular weight is 251 g/mol. The van der Waals surface area contributed by atoms with Crippen molar-refractivity contribution in [2.24, 2.45) is 13.0 Å². The van der Waals surface area contributed by atoms with Crippen LogP contribution in [-0.2, 0) is 18.2 Å². The Morgan fingerprint density at radius 1 is 1.56 bits per heavy atom. The Labute approximate surface area is 110 Å². The van der Waals surface area contributed by atoms with Crippen molar-refractivity contribution in [3.63, 3.8) is 0 Å². The molecule has 0 bridgehead atoms. The van der Waals surface area contributed by atoms with Crippen LogP contribution in [0.5, 0.6) is 0 Å². The third-order valence-electron chi connectivity index (χ3n) is 3.85. The van der Waals surface area contributed by atoms with Crippen molar-refractivity contribution in [1.29, 1.82) is 0 Å². The molecule has 0 spiro atoms. The molecule has 1 unspecified atom stereocenters. The molecular weight excluding hydrogens is 226 g/mol. The summed E-state index contributed by atoms with van der Waals surface area (Å²) in [5.74, 6) is 0.822. The number of likely N-dealkylation sites (N-methyl/N-ethyl adjacent to an activating group) is 1. The van der Waals surface area contributed by atoms with Crippen LogP contribution in [-0.4, -0.2) is 35.6 Å². The first-order valence-electron chi connectivity index (χ1n) is 6.98. The Morgan fingerprint density at radius 3 is 2.89 bits per heavy atom. The average Bonchev–Trinajstić information content (AvgIpc) is 2.70. The third-order valence-corrected chi connectivity index (χ3v) is 3.85. The monoisotopic (exact) mass is 251 g/mol. The molecule has 1 aromatic heterocycles. The van der Waals surface area contributed by atoms with E-state index in [2.05, 4.69) is 23.4 Å². The summed E-state index contributed by atoms with van der Waals surface area (Å²) in [7, 11) is 4.02. The van der Waals surface area contributed by atoms with Crippen LogP contribution in [0.3, 0.4) is 0 Å². The van der Waals surface area contributed by atoms with Crippen LogP contribution < -0.4 is 5.32 Å². The van der Waals surface area contributed by atoms with Gasteiger partial charge in [0.1, 0.15) is 0 Å². The predicted molar refractivity (Wildman–Crippen MR) is 72.5 cm³/mol. The molecule has 1 aliphatic rings. The molecule has 102 valence electrons. The Morgan fingerprint density at radius 2 is 2.33 bits per heavy atom. The number of hydrogen-bond donors (Lipinski definition) is 1. The van der Waals surface area contributed by atoms with Crippen LogP contribution in [0.1, 0.15) is 31.9 Å². The highest BCUT2D eigenvalue weighted by molar-refractivity contribution is 5.01. The molecule has 1 atom stereocenters. The summed E-state index contributed by atoms with van der Waals surface area (Å²) in [5.41, 5.74) is 1.18. The van der Waals surface area contributed by atoms with Gasteiger partial charge in [-0.1, -0.05) is 0 Å². The zero-order chi connectivity index (χ0) is 13.0. The lowest BCUT2D eigenvalue weighted by Crippen LogP contribution is -2.38.